The molecule has 6 nitrogen and oxygen atoms in total. The summed E-state index contributed by atoms with van der Waals surface area (Å²) in [6, 6.07) is 15.9. The molecular formula is C20H15F3N2O4S. The van der Waals surface area contributed by atoms with Crippen molar-refractivity contribution >= 4 is 15.7 Å². The molecule has 0 saturated carbocycles. The molecule has 3 rings (SSSR count). The van der Waals surface area contributed by atoms with Gasteiger partial charge in [-0.3, -0.25) is 10.1 Å². The van der Waals surface area contributed by atoms with Gasteiger partial charge in [-0.1, -0.05) is 36.4 Å². The van der Waals surface area contributed by atoms with Gasteiger partial charge in [-0.15, -0.1) is 0 Å². The summed E-state index contributed by atoms with van der Waals surface area (Å²) in [6.45, 7) is -0.0212. The van der Waals surface area contributed by atoms with Gasteiger partial charge in [-0.05, 0) is 41.0 Å². The van der Waals surface area contributed by atoms with Crippen LogP contribution < -0.4 is 4.72 Å². The Kier molecular flexibility index (Phi) is 5.90. The zero-order chi connectivity index (χ0) is 21.9. The van der Waals surface area contributed by atoms with E-state index in [2.05, 4.69) is 4.72 Å². The summed E-state index contributed by atoms with van der Waals surface area (Å²) >= 11 is 0. The standard InChI is InChI=1S/C20H15F3N2O4S/c21-20(22,23)17-7-5-16(6-8-17)15-3-1-14(2-4-15)13-24-30(28,29)19-11-9-18(10-12-19)25(26)27/h1-12,24H,13H2. The van der Waals surface area contributed by atoms with Crippen LogP contribution in [0.2, 0.25) is 0 Å². The normalized spacial score (nSPS) is 12.0. The van der Waals surface area contributed by atoms with Gasteiger partial charge in [0.1, 0.15) is 0 Å². The van der Waals surface area contributed by atoms with Crippen LogP contribution in [0.1, 0.15) is 11.1 Å². The highest BCUT2D eigenvalue weighted by Crippen LogP contribution is 2.31. The van der Waals surface area contributed by atoms with E-state index in [1.165, 1.54) is 12.1 Å². The molecule has 0 radical (unpaired) electrons. The van der Waals surface area contributed by atoms with Crippen LogP contribution in [-0.2, 0) is 22.7 Å². The second kappa shape index (κ2) is 8.25. The lowest BCUT2D eigenvalue weighted by Gasteiger charge is -2.09. The average Bonchev–Trinajstić information content (AvgIpc) is 2.72. The molecule has 0 amide bonds. The number of nitro groups is 1. The highest BCUT2D eigenvalue weighted by atomic mass is 32.2. The van der Waals surface area contributed by atoms with Gasteiger partial charge in [0.05, 0.1) is 15.4 Å². The van der Waals surface area contributed by atoms with Gasteiger partial charge in [0.2, 0.25) is 10.0 Å². The molecule has 0 fully saturated rings. The van der Waals surface area contributed by atoms with Gasteiger partial charge < -0.3 is 0 Å². The van der Waals surface area contributed by atoms with Crippen LogP contribution >= 0.6 is 0 Å². The predicted molar refractivity (Wildman–Crippen MR) is 104 cm³/mol. The summed E-state index contributed by atoms with van der Waals surface area (Å²) in [5.74, 6) is 0. The van der Waals surface area contributed by atoms with Crippen molar-refractivity contribution in [2.75, 3.05) is 0 Å². The number of hydrogen-bond acceptors (Lipinski definition) is 4. The smallest absolute Gasteiger partial charge is 0.258 e. The first-order valence-electron chi connectivity index (χ1n) is 8.57. The van der Waals surface area contributed by atoms with Crippen LogP contribution in [0.25, 0.3) is 11.1 Å². The first kappa shape index (κ1) is 21.5. The average molecular weight is 436 g/mol. The second-order valence-electron chi connectivity index (χ2n) is 6.35. The Morgan fingerprint density at radius 1 is 0.833 bits per heavy atom. The number of alkyl halides is 3. The quantitative estimate of drug-likeness (QED) is 0.446. The lowest BCUT2D eigenvalue weighted by Crippen LogP contribution is -2.23. The fourth-order valence-electron chi connectivity index (χ4n) is 2.68. The van der Waals surface area contributed by atoms with E-state index in [4.69, 9.17) is 0 Å². The van der Waals surface area contributed by atoms with Crippen LogP contribution in [0.15, 0.2) is 77.7 Å². The molecule has 3 aromatic carbocycles. The van der Waals surface area contributed by atoms with Gasteiger partial charge in [0.25, 0.3) is 5.69 Å². The number of sulfonamides is 1. The third kappa shape index (κ3) is 5.02. The van der Waals surface area contributed by atoms with Crippen molar-refractivity contribution in [3.8, 4) is 11.1 Å². The third-order valence-electron chi connectivity index (χ3n) is 4.32. The highest BCUT2D eigenvalue weighted by Gasteiger charge is 2.29. The Morgan fingerprint density at radius 3 is 1.80 bits per heavy atom. The summed E-state index contributed by atoms with van der Waals surface area (Å²) in [5.41, 5.74) is 0.971. The number of non-ortho nitro benzene ring substituents is 1. The summed E-state index contributed by atoms with van der Waals surface area (Å²) in [5, 5.41) is 10.7. The van der Waals surface area contributed by atoms with E-state index >= 15 is 0 Å². The molecule has 0 aliphatic rings. The maximum atomic E-state index is 12.6. The molecule has 0 atom stereocenters. The molecule has 0 aliphatic heterocycles. The van der Waals surface area contributed by atoms with Crippen LogP contribution in [0.4, 0.5) is 18.9 Å². The van der Waals surface area contributed by atoms with Gasteiger partial charge >= 0.3 is 6.18 Å². The summed E-state index contributed by atoms with van der Waals surface area (Å²) < 4.78 is 65.0. The van der Waals surface area contributed by atoms with Crippen LogP contribution in [-0.4, -0.2) is 13.3 Å². The largest absolute Gasteiger partial charge is 0.416 e. The number of nitrogens with zero attached hydrogens (tertiary/aromatic N) is 1. The first-order chi connectivity index (χ1) is 14.1. The fraction of sp³-hybridized carbons (Fsp3) is 0.100. The second-order valence-corrected chi connectivity index (χ2v) is 8.11. The molecule has 0 bridgehead atoms. The molecule has 1 N–H and O–H groups in total. The summed E-state index contributed by atoms with van der Waals surface area (Å²) in [6.07, 6.45) is -4.40. The zero-order valence-corrected chi connectivity index (χ0v) is 16.1. The maximum Gasteiger partial charge on any atom is 0.416 e. The molecule has 156 valence electrons. The Bertz CT molecular complexity index is 1140. The number of hydrogen-bond donors (Lipinski definition) is 1. The van der Waals surface area contributed by atoms with Crippen molar-refractivity contribution in [1.82, 2.24) is 4.72 Å². The molecule has 0 aromatic heterocycles. The maximum absolute atomic E-state index is 12.6. The molecule has 10 heteroatoms. The van der Waals surface area contributed by atoms with Gasteiger partial charge in [0.15, 0.2) is 0 Å². The molecule has 30 heavy (non-hydrogen) atoms. The molecule has 0 spiro atoms. The molecule has 0 saturated heterocycles. The molecule has 0 heterocycles. The Hall–Kier alpha value is -3.24. The van der Waals surface area contributed by atoms with Crippen LogP contribution in [0.5, 0.6) is 0 Å². The third-order valence-corrected chi connectivity index (χ3v) is 5.74. The number of halogens is 3. The van der Waals surface area contributed by atoms with E-state index in [1.807, 2.05) is 0 Å². The van der Waals surface area contributed by atoms with Crippen molar-refractivity contribution in [2.24, 2.45) is 0 Å². The van der Waals surface area contributed by atoms with E-state index in [-0.39, 0.29) is 17.1 Å². The monoisotopic (exact) mass is 436 g/mol. The number of benzene rings is 3. The van der Waals surface area contributed by atoms with Crippen molar-refractivity contribution in [2.45, 2.75) is 17.6 Å². The summed E-state index contributed by atoms with van der Waals surface area (Å²) in [4.78, 5) is 9.93. The summed E-state index contributed by atoms with van der Waals surface area (Å²) in [7, 11) is -3.86. The fourth-order valence-corrected chi connectivity index (χ4v) is 3.69. The topological polar surface area (TPSA) is 89.3 Å². The number of rotatable bonds is 6. The molecule has 0 unspecified atom stereocenters. The highest BCUT2D eigenvalue weighted by molar-refractivity contribution is 7.89. The van der Waals surface area contributed by atoms with Gasteiger partial charge in [0, 0.05) is 18.7 Å². The minimum Gasteiger partial charge on any atom is -0.258 e. The minimum absolute atomic E-state index is 0.0212. The van der Waals surface area contributed by atoms with E-state index in [0.29, 0.717) is 16.7 Å². The van der Waals surface area contributed by atoms with Crippen LogP contribution in [0.3, 0.4) is 0 Å². The van der Waals surface area contributed by atoms with E-state index in [9.17, 15) is 31.7 Å². The lowest BCUT2D eigenvalue weighted by atomic mass is 10.0. The Balaban J connectivity index is 1.67. The molecule has 3 aromatic rings. The van der Waals surface area contributed by atoms with Gasteiger partial charge in [-0.2, -0.15) is 13.2 Å². The van der Waals surface area contributed by atoms with E-state index in [1.54, 1.807) is 24.3 Å². The number of nitrogens with one attached hydrogen (secondary N) is 1. The zero-order valence-electron chi connectivity index (χ0n) is 15.3. The SMILES string of the molecule is O=[N+]([O-])c1ccc(S(=O)(=O)NCc2ccc(-c3ccc(C(F)(F)F)cc3)cc2)cc1. The van der Waals surface area contributed by atoms with E-state index < -0.39 is 26.7 Å². The number of nitro benzene ring substituents is 1. The van der Waals surface area contributed by atoms with Crippen molar-refractivity contribution in [3.63, 3.8) is 0 Å². The van der Waals surface area contributed by atoms with Crippen LogP contribution in [0, 0.1) is 10.1 Å². The van der Waals surface area contributed by atoms with E-state index in [0.717, 1.165) is 36.4 Å². The Morgan fingerprint density at radius 2 is 1.33 bits per heavy atom. The molecular weight excluding hydrogens is 421 g/mol. The first-order valence-corrected chi connectivity index (χ1v) is 10.1. The Labute approximate surface area is 170 Å². The van der Waals surface area contributed by atoms with Crippen molar-refractivity contribution in [3.05, 3.63) is 94.0 Å². The molecule has 0 aliphatic carbocycles. The van der Waals surface area contributed by atoms with Crippen molar-refractivity contribution < 1.29 is 26.5 Å². The van der Waals surface area contributed by atoms with Crippen molar-refractivity contribution in [1.29, 1.82) is 0 Å². The minimum atomic E-state index is -4.40. The predicted octanol–water partition coefficient (Wildman–Crippen LogP) is 4.76. The lowest BCUT2D eigenvalue weighted by molar-refractivity contribution is -0.384. The van der Waals surface area contributed by atoms with Gasteiger partial charge in [-0.25, -0.2) is 13.1 Å².